The first-order valence-electron chi connectivity index (χ1n) is 13.4. The molecule has 39 heavy (non-hydrogen) atoms. The number of carbonyl (C=O) groups is 3. The van der Waals surface area contributed by atoms with Crippen LogP contribution in [0.15, 0.2) is 24.4 Å². The van der Waals surface area contributed by atoms with E-state index in [0.29, 0.717) is 24.1 Å². The van der Waals surface area contributed by atoms with E-state index in [9.17, 15) is 14.4 Å². The smallest absolute Gasteiger partial charge is 0.410 e. The normalized spacial score (nSPS) is 12.9. The van der Waals surface area contributed by atoms with Crippen LogP contribution in [0.1, 0.15) is 71.2 Å². The lowest BCUT2D eigenvalue weighted by Crippen LogP contribution is -2.55. The standard InChI is InChI=1S/C29H46N4O6/c1-28(2,3)33(29(4,5)6)27(36)38-17-11-10-12-24(39-26(30)35)25(34)32-19-20(15-16-31(7)8)22-18-21(37-9)13-14-23(22)32/h13-14,18-19,24H,10-12,15-17H2,1-9H3,(H2,30,35)/t24-/m0/s1. The van der Waals surface area contributed by atoms with E-state index in [-0.39, 0.29) is 18.9 Å². The number of benzene rings is 1. The molecule has 2 amide bonds. The molecule has 1 atom stereocenters. The summed E-state index contributed by atoms with van der Waals surface area (Å²) in [4.78, 5) is 41.8. The molecule has 0 spiro atoms. The zero-order chi connectivity index (χ0) is 29.5. The fraction of sp³-hybridized carbons (Fsp3) is 0.621. The number of hydrogen-bond acceptors (Lipinski definition) is 7. The summed E-state index contributed by atoms with van der Waals surface area (Å²) in [6, 6.07) is 5.52. The van der Waals surface area contributed by atoms with Gasteiger partial charge in [0.25, 0.3) is 5.91 Å². The molecule has 2 rings (SSSR count). The largest absolute Gasteiger partial charge is 0.497 e. The second-order valence-corrected chi connectivity index (χ2v) is 12.0. The molecule has 2 aromatic rings. The van der Waals surface area contributed by atoms with Gasteiger partial charge in [-0.25, -0.2) is 9.59 Å². The first-order valence-corrected chi connectivity index (χ1v) is 13.4. The maximum Gasteiger partial charge on any atom is 0.410 e. The van der Waals surface area contributed by atoms with Crippen molar-refractivity contribution in [1.82, 2.24) is 14.4 Å². The molecule has 218 valence electrons. The fourth-order valence-corrected chi connectivity index (χ4v) is 4.87. The minimum Gasteiger partial charge on any atom is -0.497 e. The first kappa shape index (κ1) is 31.9. The Bertz CT molecular complexity index is 1130. The Kier molecular flexibility index (Phi) is 10.8. The van der Waals surface area contributed by atoms with Crippen molar-refractivity contribution in [2.24, 2.45) is 5.73 Å². The number of aromatic nitrogens is 1. The van der Waals surface area contributed by atoms with E-state index in [4.69, 9.17) is 19.9 Å². The number of hydrogen-bond donors (Lipinski definition) is 1. The molecular formula is C29H46N4O6. The van der Waals surface area contributed by atoms with E-state index in [2.05, 4.69) is 4.90 Å². The molecule has 10 nitrogen and oxygen atoms in total. The summed E-state index contributed by atoms with van der Waals surface area (Å²) in [6.07, 6.45) is 1.27. The summed E-state index contributed by atoms with van der Waals surface area (Å²) in [6.45, 7) is 12.8. The Morgan fingerprint density at radius 2 is 1.67 bits per heavy atom. The van der Waals surface area contributed by atoms with Gasteiger partial charge in [0.1, 0.15) is 5.75 Å². The zero-order valence-corrected chi connectivity index (χ0v) is 25.0. The van der Waals surface area contributed by atoms with Crippen molar-refractivity contribution >= 4 is 29.0 Å². The zero-order valence-electron chi connectivity index (χ0n) is 25.0. The van der Waals surface area contributed by atoms with Gasteiger partial charge in [0.2, 0.25) is 0 Å². The van der Waals surface area contributed by atoms with Crippen LogP contribution >= 0.6 is 0 Å². The van der Waals surface area contributed by atoms with Crippen LogP contribution in [-0.4, -0.2) is 84.0 Å². The van der Waals surface area contributed by atoms with Crippen LogP contribution in [0, 0.1) is 0 Å². The van der Waals surface area contributed by atoms with Gasteiger partial charge in [-0.15, -0.1) is 0 Å². The highest BCUT2D eigenvalue weighted by molar-refractivity contribution is 5.97. The molecule has 0 unspecified atom stereocenters. The van der Waals surface area contributed by atoms with Gasteiger partial charge >= 0.3 is 12.2 Å². The van der Waals surface area contributed by atoms with Crippen LogP contribution in [0.4, 0.5) is 9.59 Å². The van der Waals surface area contributed by atoms with Crippen LogP contribution in [0.2, 0.25) is 0 Å². The van der Waals surface area contributed by atoms with E-state index in [0.717, 1.165) is 23.9 Å². The van der Waals surface area contributed by atoms with Gasteiger partial charge in [-0.2, -0.15) is 0 Å². The molecular weight excluding hydrogens is 500 g/mol. The summed E-state index contributed by atoms with van der Waals surface area (Å²) in [5, 5.41) is 0.900. The molecule has 1 heterocycles. The van der Waals surface area contributed by atoms with Crippen molar-refractivity contribution in [1.29, 1.82) is 0 Å². The lowest BCUT2D eigenvalue weighted by atomic mass is 9.97. The number of carbonyl (C=O) groups excluding carboxylic acids is 3. The highest BCUT2D eigenvalue weighted by atomic mass is 16.6. The molecule has 0 saturated carbocycles. The van der Waals surface area contributed by atoms with Crippen LogP contribution in [-0.2, 0) is 15.9 Å². The van der Waals surface area contributed by atoms with Crippen molar-refractivity contribution < 1.29 is 28.6 Å². The van der Waals surface area contributed by atoms with E-state index in [1.165, 1.54) is 4.57 Å². The predicted octanol–water partition coefficient (Wildman–Crippen LogP) is 5.06. The SMILES string of the molecule is COc1ccc2c(c1)c(CCN(C)C)cn2C(=O)[C@H](CCCCOC(=O)N(C(C)(C)C)C(C)(C)C)OC(N)=O. The summed E-state index contributed by atoms with van der Waals surface area (Å²) in [5.41, 5.74) is 6.18. The third-order valence-electron chi connectivity index (χ3n) is 6.30. The Hall–Kier alpha value is -3.27. The number of nitrogens with two attached hydrogens (primary N) is 1. The molecule has 0 aliphatic rings. The second-order valence-electron chi connectivity index (χ2n) is 12.0. The van der Waals surface area contributed by atoms with Crippen LogP contribution < -0.4 is 10.5 Å². The number of methoxy groups -OCH3 is 1. The number of primary amides is 1. The maximum atomic E-state index is 13.6. The minimum atomic E-state index is -1.07. The van der Waals surface area contributed by atoms with Crippen LogP contribution in [0.25, 0.3) is 10.9 Å². The van der Waals surface area contributed by atoms with E-state index in [1.54, 1.807) is 24.3 Å². The van der Waals surface area contributed by atoms with Gasteiger partial charge in [0, 0.05) is 29.2 Å². The molecule has 0 radical (unpaired) electrons. The third kappa shape index (κ3) is 8.88. The number of rotatable bonds is 11. The Morgan fingerprint density at radius 1 is 1.03 bits per heavy atom. The molecule has 0 saturated heterocycles. The molecule has 2 N–H and O–H groups in total. The van der Waals surface area contributed by atoms with Crippen LogP contribution in [0.3, 0.4) is 0 Å². The number of amides is 2. The Balaban J connectivity index is 2.15. The minimum absolute atomic E-state index is 0.180. The average molecular weight is 547 g/mol. The third-order valence-corrected chi connectivity index (χ3v) is 6.30. The number of fused-ring (bicyclic) bond motifs is 1. The molecule has 0 fully saturated rings. The predicted molar refractivity (Wildman–Crippen MR) is 152 cm³/mol. The van der Waals surface area contributed by atoms with Gasteiger partial charge in [0.05, 0.1) is 19.2 Å². The van der Waals surface area contributed by atoms with E-state index in [1.807, 2.05) is 67.8 Å². The highest BCUT2D eigenvalue weighted by Gasteiger charge is 2.36. The van der Waals surface area contributed by atoms with Crippen molar-refractivity contribution in [3.8, 4) is 5.75 Å². The fourth-order valence-electron chi connectivity index (χ4n) is 4.87. The molecule has 1 aromatic carbocycles. The molecule has 0 bridgehead atoms. The quantitative estimate of drug-likeness (QED) is 0.391. The summed E-state index contributed by atoms with van der Waals surface area (Å²) in [5.74, 6) is 0.304. The van der Waals surface area contributed by atoms with Gasteiger partial charge in [-0.05, 0) is 105 Å². The van der Waals surface area contributed by atoms with E-state index < -0.39 is 29.4 Å². The van der Waals surface area contributed by atoms with Crippen LogP contribution in [0.5, 0.6) is 5.75 Å². The molecule has 1 aromatic heterocycles. The monoisotopic (exact) mass is 546 g/mol. The summed E-state index contributed by atoms with van der Waals surface area (Å²) < 4.78 is 17.7. The number of likely N-dealkylation sites (N-methyl/N-ethyl adjacent to an activating group) is 1. The summed E-state index contributed by atoms with van der Waals surface area (Å²) in [7, 11) is 5.58. The molecule has 0 aliphatic carbocycles. The topological polar surface area (TPSA) is 116 Å². The second kappa shape index (κ2) is 13.2. The van der Waals surface area contributed by atoms with E-state index >= 15 is 0 Å². The Labute approximate surface area is 232 Å². The average Bonchev–Trinajstić information content (AvgIpc) is 3.16. The summed E-state index contributed by atoms with van der Waals surface area (Å²) >= 11 is 0. The Morgan fingerprint density at radius 3 is 2.21 bits per heavy atom. The van der Waals surface area contributed by atoms with Crippen molar-refractivity contribution in [3.05, 3.63) is 30.0 Å². The van der Waals surface area contributed by atoms with Crippen molar-refractivity contribution in [2.75, 3.05) is 34.4 Å². The number of nitrogens with zero attached hydrogens (tertiary/aromatic N) is 3. The molecule has 0 aliphatic heterocycles. The van der Waals surface area contributed by atoms with Gasteiger partial charge < -0.3 is 24.8 Å². The lowest BCUT2D eigenvalue weighted by Gasteiger charge is -2.44. The van der Waals surface area contributed by atoms with Gasteiger partial charge in [-0.1, -0.05) is 0 Å². The van der Waals surface area contributed by atoms with Gasteiger partial charge in [0.15, 0.2) is 6.10 Å². The first-order chi connectivity index (χ1) is 18.1. The highest BCUT2D eigenvalue weighted by Crippen LogP contribution is 2.28. The number of unbranched alkanes of at least 4 members (excludes halogenated alkanes) is 1. The van der Waals surface area contributed by atoms with Gasteiger partial charge in [-0.3, -0.25) is 14.3 Å². The number of ether oxygens (including phenoxy) is 3. The van der Waals surface area contributed by atoms with Crippen molar-refractivity contribution in [2.45, 2.75) is 84.4 Å². The molecule has 10 heteroatoms. The lowest BCUT2D eigenvalue weighted by molar-refractivity contribution is 0.0193. The maximum absolute atomic E-state index is 13.6. The van der Waals surface area contributed by atoms with Crippen molar-refractivity contribution in [3.63, 3.8) is 0 Å².